The van der Waals surface area contributed by atoms with Gasteiger partial charge < -0.3 is 14.5 Å². The smallest absolute Gasteiger partial charge is 0.411 e. The zero-order chi connectivity index (χ0) is 28.3. The van der Waals surface area contributed by atoms with E-state index >= 15 is 0 Å². The quantitative estimate of drug-likeness (QED) is 0.235. The number of ether oxygens (including phenoxy) is 2. The average Bonchev–Trinajstić information content (AvgIpc) is 3.56. The van der Waals surface area contributed by atoms with Gasteiger partial charge in [-0.2, -0.15) is 0 Å². The highest BCUT2D eigenvalue weighted by Crippen LogP contribution is 2.31. The second-order valence-corrected chi connectivity index (χ2v) is 12.1. The first kappa shape index (κ1) is 27.5. The summed E-state index contributed by atoms with van der Waals surface area (Å²) in [5, 5.41) is 3.80. The molecule has 1 fully saturated rings. The van der Waals surface area contributed by atoms with E-state index in [2.05, 4.69) is 10.3 Å². The van der Waals surface area contributed by atoms with Gasteiger partial charge in [-0.1, -0.05) is 30.3 Å². The molecule has 0 aliphatic heterocycles. The number of aryl methyl sites for hydroxylation is 1. The van der Waals surface area contributed by atoms with Crippen molar-refractivity contribution in [3.05, 3.63) is 89.1 Å². The van der Waals surface area contributed by atoms with Crippen LogP contribution in [0.15, 0.2) is 71.6 Å². The molecule has 5 rings (SSSR count). The average molecular weight is 561 g/mol. The van der Waals surface area contributed by atoms with Gasteiger partial charge in [-0.15, -0.1) is 0 Å². The number of anilines is 1. The molecular formula is C31H32N2O6S. The van der Waals surface area contributed by atoms with Gasteiger partial charge in [-0.3, -0.25) is 10.1 Å². The molecule has 0 saturated heterocycles. The highest BCUT2D eigenvalue weighted by atomic mass is 32.2. The Kier molecular flexibility index (Phi) is 7.93. The number of H-pyrrole nitrogens is 1. The van der Waals surface area contributed by atoms with E-state index in [1.54, 1.807) is 36.4 Å². The van der Waals surface area contributed by atoms with Gasteiger partial charge in [-0.25, -0.2) is 13.2 Å². The maximum atomic E-state index is 12.9. The number of nitrogens with one attached hydrogen (secondary N) is 2. The number of methoxy groups -OCH3 is 1. The predicted octanol–water partition coefficient (Wildman–Crippen LogP) is 6.22. The number of sulfone groups is 1. The lowest BCUT2D eigenvalue weighted by Gasteiger charge is -2.13. The van der Waals surface area contributed by atoms with Crippen molar-refractivity contribution in [1.29, 1.82) is 0 Å². The van der Waals surface area contributed by atoms with Crippen LogP contribution in [-0.2, 0) is 21.0 Å². The molecule has 0 radical (unpaired) electrons. The number of carbonyl (C=O) groups is 2. The summed E-state index contributed by atoms with van der Waals surface area (Å²) in [6.45, 7) is 1.98. The number of Topliss-reactive ketones (excluding diaryl/α,β-unsaturated/α-hetero) is 1. The van der Waals surface area contributed by atoms with Crippen molar-refractivity contribution in [2.45, 2.75) is 50.0 Å². The standard InChI is InChI=1S/C31H32N2O6S/c1-20-26(27-18-23(14-15-28(27)32-20)33-31(35)39-24-8-6-7-9-24)16-22-13-12-21(17-30(22)38-2)29(34)19-40(36,37)25-10-4-3-5-11-25/h3-5,10-15,17-18,24,32H,6-9,16,19H2,1-2H3,(H,33,35). The summed E-state index contributed by atoms with van der Waals surface area (Å²) in [5.74, 6) is -0.636. The molecule has 8 nitrogen and oxygen atoms in total. The second-order valence-electron chi connectivity index (χ2n) is 10.1. The van der Waals surface area contributed by atoms with Crippen LogP contribution in [0.5, 0.6) is 5.75 Å². The van der Waals surface area contributed by atoms with Crippen molar-refractivity contribution in [2.24, 2.45) is 0 Å². The topological polar surface area (TPSA) is 115 Å². The fourth-order valence-corrected chi connectivity index (χ4v) is 6.46. The predicted molar refractivity (Wildman–Crippen MR) is 154 cm³/mol. The zero-order valence-electron chi connectivity index (χ0n) is 22.5. The highest BCUT2D eigenvalue weighted by Gasteiger charge is 2.22. The van der Waals surface area contributed by atoms with Crippen LogP contribution in [0, 0.1) is 6.92 Å². The normalized spacial score (nSPS) is 13.8. The van der Waals surface area contributed by atoms with Gasteiger partial charge in [0.05, 0.1) is 12.0 Å². The lowest BCUT2D eigenvalue weighted by Crippen LogP contribution is -2.20. The number of aromatic amines is 1. The number of fused-ring (bicyclic) bond motifs is 1. The third-order valence-corrected chi connectivity index (χ3v) is 8.97. The number of rotatable bonds is 9. The van der Waals surface area contributed by atoms with E-state index in [0.717, 1.165) is 53.4 Å². The van der Waals surface area contributed by atoms with Gasteiger partial charge in [0, 0.05) is 34.3 Å². The highest BCUT2D eigenvalue weighted by molar-refractivity contribution is 7.92. The lowest BCUT2D eigenvalue weighted by molar-refractivity contribution is 0.102. The molecule has 0 spiro atoms. The Labute approximate surface area is 233 Å². The molecule has 0 bridgehead atoms. The minimum atomic E-state index is -3.76. The molecule has 1 aliphatic carbocycles. The maximum Gasteiger partial charge on any atom is 0.411 e. The Balaban J connectivity index is 1.35. The van der Waals surface area contributed by atoms with E-state index in [1.165, 1.54) is 19.2 Å². The van der Waals surface area contributed by atoms with Crippen LogP contribution >= 0.6 is 0 Å². The monoisotopic (exact) mass is 560 g/mol. The van der Waals surface area contributed by atoms with Gasteiger partial charge >= 0.3 is 6.09 Å². The van der Waals surface area contributed by atoms with E-state index < -0.39 is 27.5 Å². The van der Waals surface area contributed by atoms with Crippen molar-refractivity contribution in [2.75, 3.05) is 18.2 Å². The summed E-state index contributed by atoms with van der Waals surface area (Å²) >= 11 is 0. The summed E-state index contributed by atoms with van der Waals surface area (Å²) in [7, 11) is -2.24. The fourth-order valence-electron chi connectivity index (χ4n) is 5.21. The van der Waals surface area contributed by atoms with Crippen molar-refractivity contribution >= 4 is 38.3 Å². The zero-order valence-corrected chi connectivity index (χ0v) is 23.3. The van der Waals surface area contributed by atoms with Gasteiger partial charge in [0.2, 0.25) is 0 Å². The summed E-state index contributed by atoms with van der Waals surface area (Å²) in [6, 6.07) is 18.6. The van der Waals surface area contributed by atoms with E-state index in [4.69, 9.17) is 9.47 Å². The molecule has 208 valence electrons. The molecule has 1 aromatic heterocycles. The molecule has 1 aliphatic rings. The number of hydrogen-bond donors (Lipinski definition) is 2. The molecule has 0 atom stereocenters. The SMILES string of the molecule is COc1cc(C(=O)CS(=O)(=O)c2ccccc2)ccc1Cc1c(C)[nH]c2ccc(NC(=O)OC3CCCC3)cc12. The number of hydrogen-bond acceptors (Lipinski definition) is 6. The number of benzene rings is 3. The third kappa shape index (κ3) is 6.04. The summed E-state index contributed by atoms with van der Waals surface area (Å²) in [6.07, 6.45) is 4.01. The molecule has 40 heavy (non-hydrogen) atoms. The minimum absolute atomic E-state index is 0.0189. The Morgan fingerprint density at radius 3 is 2.48 bits per heavy atom. The fraction of sp³-hybridized carbons (Fsp3) is 0.290. The summed E-state index contributed by atoms with van der Waals surface area (Å²) in [5.41, 5.74) is 4.67. The Bertz CT molecular complexity index is 1650. The van der Waals surface area contributed by atoms with E-state index in [-0.39, 0.29) is 16.6 Å². The van der Waals surface area contributed by atoms with Gasteiger partial charge in [-0.05, 0) is 80.1 Å². The van der Waals surface area contributed by atoms with Crippen LogP contribution in [0.4, 0.5) is 10.5 Å². The summed E-state index contributed by atoms with van der Waals surface area (Å²) in [4.78, 5) is 28.8. The van der Waals surface area contributed by atoms with E-state index in [1.807, 2.05) is 25.1 Å². The Hall–Kier alpha value is -4.11. The van der Waals surface area contributed by atoms with Crippen LogP contribution in [-0.4, -0.2) is 44.2 Å². The molecule has 3 aromatic carbocycles. The van der Waals surface area contributed by atoms with Gasteiger partial charge in [0.1, 0.15) is 17.6 Å². The molecule has 1 heterocycles. The Morgan fingerprint density at radius 1 is 1.00 bits per heavy atom. The van der Waals surface area contributed by atoms with Crippen LogP contribution in [0.2, 0.25) is 0 Å². The molecule has 1 saturated carbocycles. The van der Waals surface area contributed by atoms with Gasteiger partial charge in [0.15, 0.2) is 15.6 Å². The maximum absolute atomic E-state index is 12.9. The van der Waals surface area contributed by atoms with Gasteiger partial charge in [0.25, 0.3) is 0 Å². The molecule has 2 N–H and O–H groups in total. The second kappa shape index (κ2) is 11.6. The molecule has 0 unspecified atom stereocenters. The molecule has 4 aromatic rings. The molecule has 9 heteroatoms. The number of aromatic nitrogens is 1. The minimum Gasteiger partial charge on any atom is -0.496 e. The first-order valence-electron chi connectivity index (χ1n) is 13.3. The van der Waals surface area contributed by atoms with Crippen molar-refractivity contribution in [3.8, 4) is 5.75 Å². The van der Waals surface area contributed by atoms with Crippen molar-refractivity contribution in [1.82, 2.24) is 4.98 Å². The third-order valence-electron chi connectivity index (χ3n) is 7.34. The lowest BCUT2D eigenvalue weighted by atomic mass is 9.99. The van der Waals surface area contributed by atoms with E-state index in [0.29, 0.717) is 17.9 Å². The number of carbonyl (C=O) groups excluding carboxylic acids is 2. The number of amides is 1. The van der Waals surface area contributed by atoms with Crippen LogP contribution < -0.4 is 10.1 Å². The Morgan fingerprint density at radius 2 is 1.75 bits per heavy atom. The molecular weight excluding hydrogens is 528 g/mol. The van der Waals surface area contributed by atoms with Crippen LogP contribution in [0.1, 0.15) is 52.9 Å². The first-order valence-corrected chi connectivity index (χ1v) is 15.0. The molecule has 1 amide bonds. The van der Waals surface area contributed by atoms with Crippen molar-refractivity contribution < 1.29 is 27.5 Å². The summed E-state index contributed by atoms with van der Waals surface area (Å²) < 4.78 is 36.5. The van der Waals surface area contributed by atoms with E-state index in [9.17, 15) is 18.0 Å². The first-order chi connectivity index (χ1) is 19.2. The van der Waals surface area contributed by atoms with Crippen molar-refractivity contribution in [3.63, 3.8) is 0 Å². The van der Waals surface area contributed by atoms with Crippen LogP contribution in [0.3, 0.4) is 0 Å². The largest absolute Gasteiger partial charge is 0.496 e. The number of ketones is 1. The van der Waals surface area contributed by atoms with Crippen LogP contribution in [0.25, 0.3) is 10.9 Å².